The number of rotatable bonds is 2. The number of hydrogen-bond donors (Lipinski definition) is 1. The van der Waals surface area contributed by atoms with E-state index in [4.69, 9.17) is 0 Å². The van der Waals surface area contributed by atoms with E-state index in [1.807, 2.05) is 0 Å². The Balaban J connectivity index is 1.91. The van der Waals surface area contributed by atoms with Crippen molar-refractivity contribution in [3.05, 3.63) is 0 Å². The first kappa shape index (κ1) is 9.51. The lowest BCUT2D eigenvalue weighted by Gasteiger charge is -2.37. The van der Waals surface area contributed by atoms with Gasteiger partial charge in [-0.15, -0.1) is 0 Å². The van der Waals surface area contributed by atoms with E-state index in [1.54, 1.807) is 0 Å². The molecule has 0 aromatic carbocycles. The summed E-state index contributed by atoms with van der Waals surface area (Å²) < 4.78 is 0. The molecule has 0 aromatic rings. The van der Waals surface area contributed by atoms with Crippen LogP contribution in [0.5, 0.6) is 0 Å². The molecule has 0 bridgehead atoms. The summed E-state index contributed by atoms with van der Waals surface area (Å²) >= 11 is 0. The summed E-state index contributed by atoms with van der Waals surface area (Å²) in [6, 6.07) is 0. The Kier molecular flexibility index (Phi) is 2.18. The van der Waals surface area contributed by atoms with E-state index in [9.17, 15) is 5.11 Å². The van der Waals surface area contributed by atoms with Crippen molar-refractivity contribution >= 4 is 0 Å². The maximum absolute atomic E-state index is 9.34. The minimum Gasteiger partial charge on any atom is -0.396 e. The van der Waals surface area contributed by atoms with Gasteiger partial charge in [-0.05, 0) is 55.3 Å². The lowest BCUT2D eigenvalue weighted by atomic mass is 9.68. The Hall–Kier alpha value is -0.0400. The Morgan fingerprint density at radius 1 is 1.08 bits per heavy atom. The van der Waals surface area contributed by atoms with Crippen molar-refractivity contribution in [3.8, 4) is 0 Å². The Morgan fingerprint density at radius 2 is 1.62 bits per heavy atom. The van der Waals surface area contributed by atoms with Gasteiger partial charge in [0.15, 0.2) is 0 Å². The third kappa shape index (κ3) is 1.76. The summed E-state index contributed by atoms with van der Waals surface area (Å²) in [7, 11) is 0. The Morgan fingerprint density at radius 3 is 2.00 bits per heavy atom. The minimum absolute atomic E-state index is 0.385. The molecule has 0 amide bonds. The van der Waals surface area contributed by atoms with E-state index in [1.165, 1.54) is 38.5 Å². The third-order valence-electron chi connectivity index (χ3n) is 4.41. The first-order valence-corrected chi connectivity index (χ1v) is 5.69. The van der Waals surface area contributed by atoms with Crippen molar-refractivity contribution in [1.29, 1.82) is 0 Å². The van der Waals surface area contributed by atoms with Crippen LogP contribution in [0.2, 0.25) is 0 Å². The fourth-order valence-corrected chi connectivity index (χ4v) is 2.87. The molecule has 0 spiro atoms. The monoisotopic (exact) mass is 182 g/mol. The molecule has 13 heavy (non-hydrogen) atoms. The maximum atomic E-state index is 9.34. The Bertz CT molecular complexity index is 181. The SMILES string of the molecule is CC1(C)CCC(C2(CO)CC2)CC1. The summed E-state index contributed by atoms with van der Waals surface area (Å²) in [5.41, 5.74) is 0.957. The highest BCUT2D eigenvalue weighted by atomic mass is 16.3. The highest BCUT2D eigenvalue weighted by molar-refractivity contribution is 5.00. The molecule has 0 radical (unpaired) electrons. The number of aliphatic hydroxyl groups is 1. The summed E-state index contributed by atoms with van der Waals surface area (Å²) in [6.45, 7) is 5.20. The normalized spacial score (nSPS) is 31.6. The van der Waals surface area contributed by atoms with Crippen molar-refractivity contribution < 1.29 is 5.11 Å². The predicted octanol–water partition coefficient (Wildman–Crippen LogP) is 2.98. The van der Waals surface area contributed by atoms with Crippen molar-refractivity contribution in [1.82, 2.24) is 0 Å². The van der Waals surface area contributed by atoms with Gasteiger partial charge in [-0.2, -0.15) is 0 Å². The van der Waals surface area contributed by atoms with Crippen molar-refractivity contribution in [2.75, 3.05) is 6.61 Å². The molecule has 0 aliphatic heterocycles. The second-order valence-electron chi connectivity index (χ2n) is 5.96. The minimum atomic E-state index is 0.385. The molecule has 2 fully saturated rings. The summed E-state index contributed by atoms with van der Waals surface area (Å²) in [5, 5.41) is 9.34. The van der Waals surface area contributed by atoms with E-state index in [-0.39, 0.29) is 0 Å². The third-order valence-corrected chi connectivity index (χ3v) is 4.41. The van der Waals surface area contributed by atoms with E-state index in [0.717, 1.165) is 5.92 Å². The molecule has 2 rings (SSSR count). The van der Waals surface area contributed by atoms with Gasteiger partial charge in [-0.1, -0.05) is 13.8 Å². The van der Waals surface area contributed by atoms with E-state index in [2.05, 4.69) is 13.8 Å². The van der Waals surface area contributed by atoms with Crippen molar-refractivity contribution in [2.45, 2.75) is 52.4 Å². The van der Waals surface area contributed by atoms with Gasteiger partial charge < -0.3 is 5.11 Å². The van der Waals surface area contributed by atoms with Crippen LogP contribution in [0.15, 0.2) is 0 Å². The average Bonchev–Trinajstić information content (AvgIpc) is 2.85. The van der Waals surface area contributed by atoms with Gasteiger partial charge >= 0.3 is 0 Å². The number of aliphatic hydroxyl groups excluding tert-OH is 1. The van der Waals surface area contributed by atoms with Crippen LogP contribution in [0.25, 0.3) is 0 Å². The smallest absolute Gasteiger partial charge is 0.0490 e. The van der Waals surface area contributed by atoms with Crippen LogP contribution >= 0.6 is 0 Å². The molecular weight excluding hydrogens is 160 g/mol. The number of hydrogen-bond acceptors (Lipinski definition) is 1. The predicted molar refractivity (Wildman–Crippen MR) is 54.5 cm³/mol. The molecule has 2 aliphatic carbocycles. The quantitative estimate of drug-likeness (QED) is 0.696. The molecule has 1 heteroatoms. The molecule has 1 nitrogen and oxygen atoms in total. The molecule has 0 aromatic heterocycles. The molecule has 0 unspecified atom stereocenters. The van der Waals surface area contributed by atoms with Crippen molar-refractivity contribution in [3.63, 3.8) is 0 Å². The zero-order valence-corrected chi connectivity index (χ0v) is 8.97. The van der Waals surface area contributed by atoms with Gasteiger partial charge in [-0.25, -0.2) is 0 Å². The highest BCUT2D eigenvalue weighted by Crippen LogP contribution is 2.57. The molecule has 76 valence electrons. The van der Waals surface area contributed by atoms with Gasteiger partial charge in [0.05, 0.1) is 0 Å². The van der Waals surface area contributed by atoms with Crippen LogP contribution in [-0.4, -0.2) is 11.7 Å². The molecule has 0 saturated heterocycles. The van der Waals surface area contributed by atoms with Crippen LogP contribution in [0.4, 0.5) is 0 Å². The topological polar surface area (TPSA) is 20.2 Å². The lowest BCUT2D eigenvalue weighted by Crippen LogP contribution is -2.28. The van der Waals surface area contributed by atoms with Crippen LogP contribution in [0, 0.1) is 16.7 Å². The molecule has 0 atom stereocenters. The summed E-state index contributed by atoms with van der Waals surface area (Å²) in [5.74, 6) is 0.838. The van der Waals surface area contributed by atoms with E-state index >= 15 is 0 Å². The highest BCUT2D eigenvalue weighted by Gasteiger charge is 2.49. The molecular formula is C12H22O. The standard InChI is InChI=1S/C12H22O/c1-11(2)5-3-10(4-6-11)12(9-13)7-8-12/h10,13H,3-9H2,1-2H3. The van der Waals surface area contributed by atoms with Crippen molar-refractivity contribution in [2.24, 2.45) is 16.7 Å². The Labute approximate surface area is 81.5 Å². The largest absolute Gasteiger partial charge is 0.396 e. The van der Waals surface area contributed by atoms with Crippen LogP contribution in [0.3, 0.4) is 0 Å². The van der Waals surface area contributed by atoms with Gasteiger partial charge in [-0.3, -0.25) is 0 Å². The van der Waals surface area contributed by atoms with Gasteiger partial charge in [0.2, 0.25) is 0 Å². The van der Waals surface area contributed by atoms with Crippen LogP contribution in [-0.2, 0) is 0 Å². The van der Waals surface area contributed by atoms with Crippen LogP contribution < -0.4 is 0 Å². The fraction of sp³-hybridized carbons (Fsp3) is 1.00. The zero-order chi connectivity index (χ0) is 9.53. The molecule has 2 aliphatic rings. The van der Waals surface area contributed by atoms with Gasteiger partial charge in [0.25, 0.3) is 0 Å². The van der Waals surface area contributed by atoms with E-state index < -0.39 is 0 Å². The second kappa shape index (κ2) is 2.98. The first-order chi connectivity index (χ1) is 6.08. The summed E-state index contributed by atoms with van der Waals surface area (Å²) in [4.78, 5) is 0. The lowest BCUT2D eigenvalue weighted by molar-refractivity contribution is 0.0904. The zero-order valence-electron chi connectivity index (χ0n) is 8.97. The maximum Gasteiger partial charge on any atom is 0.0490 e. The van der Waals surface area contributed by atoms with Crippen LogP contribution in [0.1, 0.15) is 52.4 Å². The van der Waals surface area contributed by atoms with E-state index in [0.29, 0.717) is 17.4 Å². The van der Waals surface area contributed by atoms with Gasteiger partial charge in [0.1, 0.15) is 0 Å². The first-order valence-electron chi connectivity index (χ1n) is 5.69. The molecule has 1 N–H and O–H groups in total. The fourth-order valence-electron chi connectivity index (χ4n) is 2.87. The van der Waals surface area contributed by atoms with Gasteiger partial charge in [0, 0.05) is 6.61 Å². The average molecular weight is 182 g/mol. The second-order valence-corrected chi connectivity index (χ2v) is 5.96. The molecule has 0 heterocycles. The molecule has 2 saturated carbocycles. The summed E-state index contributed by atoms with van der Waals surface area (Å²) in [6.07, 6.45) is 8.00.